The average molecular weight is 379 g/mol. The number of hydrogen-bond acceptors (Lipinski definition) is 4. The average Bonchev–Trinajstić information content (AvgIpc) is 2.53. The van der Waals surface area contributed by atoms with Crippen LogP contribution in [-0.2, 0) is 14.4 Å². The van der Waals surface area contributed by atoms with Crippen molar-refractivity contribution in [2.75, 3.05) is 19.6 Å². The lowest BCUT2D eigenvalue weighted by Gasteiger charge is -2.41. The molecule has 0 aliphatic rings. The molecule has 0 bridgehead atoms. The van der Waals surface area contributed by atoms with Crippen LogP contribution in [0.15, 0.2) is 36.5 Å². The molecule has 0 saturated carbocycles. The molecule has 0 fully saturated rings. The summed E-state index contributed by atoms with van der Waals surface area (Å²) < 4.78 is 0. The Kier molecular flexibility index (Phi) is 9.16. The smallest absolute Gasteiger partial charge is 0.246 e. The van der Waals surface area contributed by atoms with Crippen LogP contribution in [0.1, 0.15) is 41.5 Å². The van der Waals surface area contributed by atoms with E-state index < -0.39 is 5.54 Å². The Bertz CT molecular complexity index is 556. The number of amides is 3. The van der Waals surface area contributed by atoms with E-state index in [4.69, 9.17) is 0 Å². The number of rotatable bonds is 10. The highest BCUT2D eigenvalue weighted by atomic mass is 16.2. The molecule has 0 atom stereocenters. The van der Waals surface area contributed by atoms with Crippen molar-refractivity contribution in [1.29, 1.82) is 0 Å². The molecule has 4 N–H and O–H groups in total. The predicted octanol–water partition coefficient (Wildman–Crippen LogP) is 1.19. The van der Waals surface area contributed by atoms with Crippen molar-refractivity contribution in [2.24, 2.45) is 0 Å². The minimum absolute atomic E-state index is 0.170. The zero-order chi connectivity index (χ0) is 21.4. The van der Waals surface area contributed by atoms with E-state index in [1.54, 1.807) is 20.8 Å². The number of nitrogens with one attached hydrogen (secondary N) is 4. The molecule has 0 aromatic carbocycles. The van der Waals surface area contributed by atoms with Crippen LogP contribution in [0.2, 0.25) is 0 Å². The highest BCUT2D eigenvalue weighted by molar-refractivity contribution is 5.93. The van der Waals surface area contributed by atoms with E-state index in [9.17, 15) is 14.4 Å². The second kappa shape index (κ2) is 10.1. The molecule has 0 rings (SSSR count). The van der Waals surface area contributed by atoms with Crippen LogP contribution in [0.4, 0.5) is 0 Å². The lowest BCUT2D eigenvalue weighted by Crippen LogP contribution is -2.68. The predicted molar refractivity (Wildman–Crippen MR) is 109 cm³/mol. The summed E-state index contributed by atoms with van der Waals surface area (Å²) in [7, 11) is 0. The topological polar surface area (TPSA) is 99.3 Å². The van der Waals surface area contributed by atoms with Crippen LogP contribution >= 0.6 is 0 Å². The van der Waals surface area contributed by atoms with Gasteiger partial charge in [0.25, 0.3) is 0 Å². The molecule has 0 saturated heterocycles. The molecule has 0 aliphatic heterocycles. The third kappa shape index (κ3) is 9.75. The Morgan fingerprint density at radius 1 is 0.667 bits per heavy atom. The summed E-state index contributed by atoms with van der Waals surface area (Å²) in [5.41, 5.74) is -0.0695. The summed E-state index contributed by atoms with van der Waals surface area (Å²) in [6.45, 7) is 22.1. The lowest BCUT2D eigenvalue weighted by atomic mass is 9.93. The standard InChI is InChI=1S/C20H34N4O3/c1-13(2)16(25)21-10-20(24-19(7,8)9,11-22-17(26)14(3)4)12-23-18(27)15(5)6/h24H,1,3,5,10-12H2,2,4,6-9H3,(H,21,25)(H,22,26)(H,23,27). The first-order valence-electron chi connectivity index (χ1n) is 8.79. The van der Waals surface area contributed by atoms with Gasteiger partial charge in [0.05, 0.1) is 5.54 Å². The summed E-state index contributed by atoms with van der Waals surface area (Å²) in [6, 6.07) is 0. The van der Waals surface area contributed by atoms with Crippen molar-refractivity contribution in [1.82, 2.24) is 21.3 Å². The zero-order valence-electron chi connectivity index (χ0n) is 17.5. The van der Waals surface area contributed by atoms with Crippen molar-refractivity contribution in [3.63, 3.8) is 0 Å². The van der Waals surface area contributed by atoms with Gasteiger partial charge in [-0.3, -0.25) is 14.4 Å². The molecule has 7 heteroatoms. The molecule has 152 valence electrons. The van der Waals surface area contributed by atoms with Gasteiger partial charge in [-0.2, -0.15) is 0 Å². The Labute approximate surface area is 162 Å². The van der Waals surface area contributed by atoms with E-state index in [1.165, 1.54) is 0 Å². The quantitative estimate of drug-likeness (QED) is 0.429. The van der Waals surface area contributed by atoms with Crippen LogP contribution in [0.25, 0.3) is 0 Å². The van der Waals surface area contributed by atoms with Gasteiger partial charge in [0.15, 0.2) is 0 Å². The van der Waals surface area contributed by atoms with Gasteiger partial charge in [0, 0.05) is 41.9 Å². The van der Waals surface area contributed by atoms with Crippen LogP contribution in [0, 0.1) is 0 Å². The first-order chi connectivity index (χ1) is 12.2. The molecule has 0 aromatic heterocycles. The van der Waals surface area contributed by atoms with E-state index in [1.807, 2.05) is 20.8 Å². The lowest BCUT2D eigenvalue weighted by molar-refractivity contribution is -0.117. The molecule has 0 spiro atoms. The fourth-order valence-electron chi connectivity index (χ4n) is 2.32. The highest BCUT2D eigenvalue weighted by Crippen LogP contribution is 2.12. The van der Waals surface area contributed by atoms with Crippen LogP contribution < -0.4 is 21.3 Å². The SMILES string of the molecule is C=C(C)C(=O)NCC(CNC(=O)C(=C)C)(CNC(=O)C(=C)C)NC(C)(C)C. The second-order valence-corrected chi connectivity index (χ2v) is 8.04. The highest BCUT2D eigenvalue weighted by Gasteiger charge is 2.35. The Morgan fingerprint density at radius 3 is 1.11 bits per heavy atom. The number of hydrogen-bond donors (Lipinski definition) is 4. The molecule has 0 aliphatic carbocycles. The zero-order valence-corrected chi connectivity index (χ0v) is 17.5. The van der Waals surface area contributed by atoms with Gasteiger partial charge in [-0.1, -0.05) is 19.7 Å². The molecular formula is C20H34N4O3. The van der Waals surface area contributed by atoms with E-state index in [0.717, 1.165) is 0 Å². The first kappa shape index (κ1) is 24.6. The van der Waals surface area contributed by atoms with E-state index in [-0.39, 0.29) is 42.9 Å². The summed E-state index contributed by atoms with van der Waals surface area (Å²) in [4.78, 5) is 36.0. The van der Waals surface area contributed by atoms with Crippen LogP contribution in [-0.4, -0.2) is 48.4 Å². The maximum absolute atomic E-state index is 12.0. The van der Waals surface area contributed by atoms with Crippen molar-refractivity contribution < 1.29 is 14.4 Å². The van der Waals surface area contributed by atoms with E-state index in [2.05, 4.69) is 41.0 Å². The van der Waals surface area contributed by atoms with Crippen molar-refractivity contribution in [3.05, 3.63) is 36.5 Å². The Morgan fingerprint density at radius 2 is 0.926 bits per heavy atom. The monoisotopic (exact) mass is 378 g/mol. The van der Waals surface area contributed by atoms with Crippen LogP contribution in [0.3, 0.4) is 0 Å². The summed E-state index contributed by atoms with van der Waals surface area (Å²) in [5, 5.41) is 11.8. The molecular weight excluding hydrogens is 344 g/mol. The number of carbonyl (C=O) groups excluding carboxylic acids is 3. The number of carbonyl (C=O) groups is 3. The summed E-state index contributed by atoms with van der Waals surface area (Å²) in [6.07, 6.45) is 0. The van der Waals surface area contributed by atoms with Gasteiger partial charge in [-0.15, -0.1) is 0 Å². The third-order valence-corrected chi connectivity index (χ3v) is 3.57. The molecule has 0 unspecified atom stereocenters. The van der Waals surface area contributed by atoms with Crippen molar-refractivity contribution in [3.8, 4) is 0 Å². The van der Waals surface area contributed by atoms with Gasteiger partial charge < -0.3 is 21.3 Å². The normalized spacial score (nSPS) is 11.3. The first-order valence-corrected chi connectivity index (χ1v) is 8.79. The van der Waals surface area contributed by atoms with Gasteiger partial charge in [-0.05, 0) is 41.5 Å². The molecule has 7 nitrogen and oxygen atoms in total. The molecule has 0 aromatic rings. The van der Waals surface area contributed by atoms with Gasteiger partial charge in [0.1, 0.15) is 0 Å². The fourth-order valence-corrected chi connectivity index (χ4v) is 2.32. The Balaban J connectivity index is 5.63. The molecule has 0 heterocycles. The van der Waals surface area contributed by atoms with Crippen molar-refractivity contribution >= 4 is 17.7 Å². The largest absolute Gasteiger partial charge is 0.350 e. The van der Waals surface area contributed by atoms with Gasteiger partial charge in [-0.25, -0.2) is 0 Å². The third-order valence-electron chi connectivity index (χ3n) is 3.57. The minimum atomic E-state index is -0.834. The van der Waals surface area contributed by atoms with Crippen LogP contribution in [0.5, 0.6) is 0 Å². The van der Waals surface area contributed by atoms with E-state index >= 15 is 0 Å². The van der Waals surface area contributed by atoms with Crippen molar-refractivity contribution in [2.45, 2.75) is 52.6 Å². The molecule has 3 amide bonds. The maximum atomic E-state index is 12.0. The Hall–Kier alpha value is -2.41. The molecule has 27 heavy (non-hydrogen) atoms. The maximum Gasteiger partial charge on any atom is 0.246 e. The van der Waals surface area contributed by atoms with Gasteiger partial charge >= 0.3 is 0 Å². The minimum Gasteiger partial charge on any atom is -0.350 e. The summed E-state index contributed by atoms with van der Waals surface area (Å²) >= 11 is 0. The fraction of sp³-hybridized carbons (Fsp3) is 0.550. The second-order valence-electron chi connectivity index (χ2n) is 8.04. The van der Waals surface area contributed by atoms with E-state index in [0.29, 0.717) is 16.7 Å². The molecule has 0 radical (unpaired) electrons. The van der Waals surface area contributed by atoms with Gasteiger partial charge in [0.2, 0.25) is 17.7 Å². The summed E-state index contributed by atoms with van der Waals surface area (Å²) in [5.74, 6) is -0.896.